The molecular weight excluding hydrogens is 262 g/mol. The molecule has 2 N–H and O–H groups in total. The minimum absolute atomic E-state index is 0.201. The molecule has 0 unspecified atom stereocenters. The Hall–Kier alpha value is -2.55. The zero-order chi connectivity index (χ0) is 15.0. The number of phenols is 2. The van der Waals surface area contributed by atoms with Crippen molar-refractivity contribution in [1.29, 1.82) is 0 Å². The summed E-state index contributed by atoms with van der Waals surface area (Å²) in [6.45, 7) is 3.79. The lowest BCUT2D eigenvalue weighted by Gasteiger charge is -2.08. The van der Waals surface area contributed by atoms with E-state index in [0.29, 0.717) is 17.7 Å². The normalized spacial score (nSPS) is 11.0. The number of para-hydroxylation sites is 1. The molecule has 106 valence electrons. The summed E-state index contributed by atoms with van der Waals surface area (Å²) in [7, 11) is 0. The molecular formula is C18H17NO2. The molecule has 0 amide bonds. The van der Waals surface area contributed by atoms with E-state index < -0.39 is 0 Å². The highest BCUT2D eigenvalue weighted by Crippen LogP contribution is 2.26. The third-order valence-corrected chi connectivity index (χ3v) is 3.69. The van der Waals surface area contributed by atoms with Crippen molar-refractivity contribution in [3.63, 3.8) is 0 Å². The second kappa shape index (κ2) is 5.09. The number of fused-ring (bicyclic) bond motifs is 1. The van der Waals surface area contributed by atoms with Crippen LogP contribution in [0.3, 0.4) is 0 Å². The van der Waals surface area contributed by atoms with Crippen molar-refractivity contribution in [2.75, 3.05) is 0 Å². The minimum Gasteiger partial charge on any atom is -0.507 e. The van der Waals surface area contributed by atoms with Gasteiger partial charge in [0.05, 0.1) is 0 Å². The molecule has 0 radical (unpaired) electrons. The number of rotatable bonds is 2. The maximum absolute atomic E-state index is 9.89. The van der Waals surface area contributed by atoms with Crippen molar-refractivity contribution < 1.29 is 10.2 Å². The molecule has 0 spiro atoms. The van der Waals surface area contributed by atoms with Gasteiger partial charge >= 0.3 is 0 Å². The van der Waals surface area contributed by atoms with Crippen LogP contribution in [0.15, 0.2) is 42.5 Å². The van der Waals surface area contributed by atoms with Crippen LogP contribution in [0.5, 0.6) is 11.5 Å². The van der Waals surface area contributed by atoms with E-state index in [9.17, 15) is 10.2 Å². The second-order valence-electron chi connectivity index (χ2n) is 5.41. The number of nitrogens with zero attached hydrogens (tertiary/aromatic N) is 1. The molecule has 0 atom stereocenters. The van der Waals surface area contributed by atoms with Crippen molar-refractivity contribution in [1.82, 2.24) is 4.98 Å². The van der Waals surface area contributed by atoms with E-state index >= 15 is 0 Å². The third kappa shape index (κ3) is 2.55. The zero-order valence-corrected chi connectivity index (χ0v) is 12.1. The first kappa shape index (κ1) is 13.4. The first-order valence-electron chi connectivity index (χ1n) is 6.91. The maximum Gasteiger partial charge on any atom is 0.141 e. The predicted molar refractivity (Wildman–Crippen MR) is 83.8 cm³/mol. The number of phenolic OH excluding ortho intramolecular Hbond substituents is 2. The van der Waals surface area contributed by atoms with Crippen LogP contribution in [-0.2, 0) is 6.42 Å². The van der Waals surface area contributed by atoms with Gasteiger partial charge in [0, 0.05) is 17.5 Å². The van der Waals surface area contributed by atoms with Gasteiger partial charge in [-0.1, -0.05) is 30.3 Å². The Labute approximate surface area is 123 Å². The molecule has 0 saturated carbocycles. The van der Waals surface area contributed by atoms with Crippen molar-refractivity contribution in [2.24, 2.45) is 0 Å². The van der Waals surface area contributed by atoms with Gasteiger partial charge in [-0.15, -0.1) is 0 Å². The number of pyridine rings is 1. The minimum atomic E-state index is 0.201. The Morgan fingerprint density at radius 2 is 1.67 bits per heavy atom. The molecule has 3 aromatic rings. The van der Waals surface area contributed by atoms with Crippen LogP contribution in [0.2, 0.25) is 0 Å². The molecule has 1 heterocycles. The number of aromatic hydroxyl groups is 2. The van der Waals surface area contributed by atoms with Crippen LogP contribution in [0, 0.1) is 13.8 Å². The van der Waals surface area contributed by atoms with Gasteiger partial charge in [-0.2, -0.15) is 0 Å². The largest absolute Gasteiger partial charge is 0.507 e. The lowest BCUT2D eigenvalue weighted by atomic mass is 10.0. The summed E-state index contributed by atoms with van der Waals surface area (Å²) in [5, 5.41) is 20.6. The molecule has 0 fully saturated rings. The lowest BCUT2D eigenvalue weighted by Crippen LogP contribution is -1.95. The van der Waals surface area contributed by atoms with Crippen molar-refractivity contribution in [3.8, 4) is 11.5 Å². The van der Waals surface area contributed by atoms with Gasteiger partial charge < -0.3 is 10.2 Å². The molecule has 3 nitrogen and oxygen atoms in total. The summed E-state index contributed by atoms with van der Waals surface area (Å²) in [4.78, 5) is 4.54. The van der Waals surface area contributed by atoms with E-state index in [1.807, 2.05) is 50.2 Å². The molecule has 1 aromatic heterocycles. The van der Waals surface area contributed by atoms with Gasteiger partial charge in [-0.3, -0.25) is 0 Å². The summed E-state index contributed by atoms with van der Waals surface area (Å²) in [6.07, 6.45) is 0.673. The average Bonchev–Trinajstić information content (AvgIpc) is 2.45. The number of aromatic nitrogens is 1. The Morgan fingerprint density at radius 1 is 0.952 bits per heavy atom. The lowest BCUT2D eigenvalue weighted by molar-refractivity contribution is 0.466. The van der Waals surface area contributed by atoms with Crippen LogP contribution in [0.25, 0.3) is 10.9 Å². The van der Waals surface area contributed by atoms with Crippen LogP contribution in [0.4, 0.5) is 0 Å². The number of benzene rings is 2. The smallest absolute Gasteiger partial charge is 0.141 e. The van der Waals surface area contributed by atoms with Gasteiger partial charge in [0.25, 0.3) is 0 Å². The zero-order valence-electron chi connectivity index (χ0n) is 12.1. The van der Waals surface area contributed by atoms with Gasteiger partial charge in [-0.05, 0) is 42.7 Å². The SMILES string of the molecule is Cc1cc(Cc2ccc3cccc(O)c3n2)cc(C)c1O. The number of aryl methyl sites for hydroxylation is 2. The fourth-order valence-electron chi connectivity index (χ4n) is 2.63. The molecule has 0 saturated heterocycles. The first-order chi connectivity index (χ1) is 10.0. The number of hydrogen-bond donors (Lipinski definition) is 2. The summed E-state index contributed by atoms with van der Waals surface area (Å²) >= 11 is 0. The Bertz CT molecular complexity index is 802. The highest BCUT2D eigenvalue weighted by Gasteiger charge is 2.07. The fourth-order valence-corrected chi connectivity index (χ4v) is 2.63. The van der Waals surface area contributed by atoms with Gasteiger partial charge in [0.15, 0.2) is 0 Å². The summed E-state index contributed by atoms with van der Waals surface area (Å²) in [5.74, 6) is 0.551. The van der Waals surface area contributed by atoms with E-state index in [1.165, 1.54) is 0 Å². The third-order valence-electron chi connectivity index (χ3n) is 3.69. The second-order valence-corrected chi connectivity index (χ2v) is 5.41. The van der Waals surface area contributed by atoms with Gasteiger partial charge in [-0.25, -0.2) is 4.98 Å². The molecule has 0 aliphatic rings. The summed E-state index contributed by atoms with van der Waals surface area (Å²) in [6, 6.07) is 13.3. The van der Waals surface area contributed by atoms with Crippen molar-refractivity contribution in [2.45, 2.75) is 20.3 Å². The molecule has 3 heteroatoms. The molecule has 0 aliphatic heterocycles. The quantitative estimate of drug-likeness (QED) is 0.749. The highest BCUT2D eigenvalue weighted by atomic mass is 16.3. The Balaban J connectivity index is 2.00. The molecule has 2 aromatic carbocycles. The Kier molecular flexibility index (Phi) is 3.26. The van der Waals surface area contributed by atoms with Gasteiger partial charge in [0.1, 0.15) is 17.0 Å². The van der Waals surface area contributed by atoms with E-state index in [1.54, 1.807) is 6.07 Å². The average molecular weight is 279 g/mol. The standard InChI is InChI=1S/C18H17NO2/c1-11-8-13(9-12(2)18(11)21)10-15-7-6-14-4-3-5-16(20)17(14)19-15/h3-9,20-21H,10H2,1-2H3. The predicted octanol–water partition coefficient (Wildman–Crippen LogP) is 3.85. The maximum atomic E-state index is 9.89. The topological polar surface area (TPSA) is 53.4 Å². The van der Waals surface area contributed by atoms with Crippen LogP contribution >= 0.6 is 0 Å². The summed E-state index contributed by atoms with van der Waals surface area (Å²) < 4.78 is 0. The molecule has 0 bridgehead atoms. The van der Waals surface area contributed by atoms with E-state index in [-0.39, 0.29) is 5.75 Å². The van der Waals surface area contributed by atoms with Gasteiger partial charge in [0.2, 0.25) is 0 Å². The fraction of sp³-hybridized carbons (Fsp3) is 0.167. The van der Waals surface area contributed by atoms with Crippen molar-refractivity contribution in [3.05, 3.63) is 64.8 Å². The molecule has 3 rings (SSSR count). The van der Waals surface area contributed by atoms with E-state index in [4.69, 9.17) is 0 Å². The monoisotopic (exact) mass is 279 g/mol. The molecule has 21 heavy (non-hydrogen) atoms. The van der Waals surface area contributed by atoms with Crippen LogP contribution in [-0.4, -0.2) is 15.2 Å². The van der Waals surface area contributed by atoms with Crippen LogP contribution < -0.4 is 0 Å². The summed E-state index contributed by atoms with van der Waals surface area (Å²) in [5.41, 5.74) is 4.36. The first-order valence-corrected chi connectivity index (χ1v) is 6.91. The Morgan fingerprint density at radius 3 is 2.38 bits per heavy atom. The molecule has 0 aliphatic carbocycles. The number of hydrogen-bond acceptors (Lipinski definition) is 3. The van der Waals surface area contributed by atoms with E-state index in [2.05, 4.69) is 4.98 Å². The van der Waals surface area contributed by atoms with E-state index in [0.717, 1.165) is 27.8 Å². The van der Waals surface area contributed by atoms with Crippen molar-refractivity contribution >= 4 is 10.9 Å². The highest BCUT2D eigenvalue weighted by molar-refractivity contribution is 5.84. The van der Waals surface area contributed by atoms with Crippen LogP contribution in [0.1, 0.15) is 22.4 Å².